The van der Waals surface area contributed by atoms with Crippen molar-refractivity contribution in [2.45, 2.75) is 6.42 Å². The molecular weight excluding hydrogens is 234 g/mol. The lowest BCUT2D eigenvalue weighted by atomic mass is 10.1. The van der Waals surface area contributed by atoms with Gasteiger partial charge in [-0.15, -0.1) is 0 Å². The third-order valence-electron chi connectivity index (χ3n) is 2.34. The van der Waals surface area contributed by atoms with Crippen molar-refractivity contribution < 1.29 is 14.0 Å². The zero-order valence-corrected chi connectivity index (χ0v) is 10.0. The SMILES string of the molecule is COc1cccc(-c2noc(CC#N)n2)c1OC. The van der Waals surface area contributed by atoms with Crippen LogP contribution in [0.25, 0.3) is 11.4 Å². The Hall–Kier alpha value is -2.55. The molecule has 6 nitrogen and oxygen atoms in total. The second-order valence-corrected chi connectivity index (χ2v) is 3.39. The first-order chi connectivity index (χ1) is 8.80. The van der Waals surface area contributed by atoms with E-state index in [9.17, 15) is 0 Å². The second-order valence-electron chi connectivity index (χ2n) is 3.39. The van der Waals surface area contributed by atoms with E-state index in [1.54, 1.807) is 25.3 Å². The van der Waals surface area contributed by atoms with Crippen LogP contribution in [0.15, 0.2) is 22.7 Å². The van der Waals surface area contributed by atoms with Crippen molar-refractivity contribution in [3.63, 3.8) is 0 Å². The molecule has 0 saturated carbocycles. The number of para-hydroxylation sites is 1. The molecule has 1 aromatic heterocycles. The van der Waals surface area contributed by atoms with Gasteiger partial charge in [0.05, 0.1) is 25.9 Å². The van der Waals surface area contributed by atoms with Crippen molar-refractivity contribution in [1.29, 1.82) is 5.26 Å². The number of hydrogen-bond donors (Lipinski definition) is 0. The van der Waals surface area contributed by atoms with Gasteiger partial charge in [0.2, 0.25) is 11.7 Å². The van der Waals surface area contributed by atoms with Crippen LogP contribution < -0.4 is 9.47 Å². The molecule has 0 aliphatic rings. The topological polar surface area (TPSA) is 81.2 Å². The van der Waals surface area contributed by atoms with Crippen LogP contribution in [0.2, 0.25) is 0 Å². The predicted octanol–water partition coefficient (Wildman–Crippen LogP) is 1.82. The van der Waals surface area contributed by atoms with Gasteiger partial charge in [0.1, 0.15) is 6.42 Å². The largest absolute Gasteiger partial charge is 0.493 e. The van der Waals surface area contributed by atoms with Gasteiger partial charge in [0.25, 0.3) is 0 Å². The molecule has 2 rings (SSSR count). The van der Waals surface area contributed by atoms with Crippen LogP contribution >= 0.6 is 0 Å². The van der Waals surface area contributed by atoms with E-state index >= 15 is 0 Å². The normalized spacial score (nSPS) is 9.83. The fourth-order valence-electron chi connectivity index (χ4n) is 1.57. The van der Waals surface area contributed by atoms with Crippen molar-refractivity contribution in [3.8, 4) is 29.0 Å². The van der Waals surface area contributed by atoms with E-state index in [-0.39, 0.29) is 12.3 Å². The van der Waals surface area contributed by atoms with Gasteiger partial charge in [0.15, 0.2) is 11.5 Å². The van der Waals surface area contributed by atoms with Crippen LogP contribution in [-0.4, -0.2) is 24.4 Å². The van der Waals surface area contributed by atoms with Crippen LogP contribution in [0.3, 0.4) is 0 Å². The summed E-state index contributed by atoms with van der Waals surface area (Å²) < 4.78 is 15.4. The number of nitrogens with zero attached hydrogens (tertiary/aromatic N) is 3. The lowest BCUT2D eigenvalue weighted by Gasteiger charge is -2.09. The lowest BCUT2D eigenvalue weighted by Crippen LogP contribution is -1.94. The van der Waals surface area contributed by atoms with Crippen molar-refractivity contribution in [1.82, 2.24) is 10.1 Å². The Labute approximate surface area is 104 Å². The van der Waals surface area contributed by atoms with Gasteiger partial charge in [-0.25, -0.2) is 0 Å². The Morgan fingerprint density at radius 1 is 1.33 bits per heavy atom. The van der Waals surface area contributed by atoms with Crippen LogP contribution in [0.5, 0.6) is 11.5 Å². The van der Waals surface area contributed by atoms with E-state index in [2.05, 4.69) is 10.1 Å². The summed E-state index contributed by atoms with van der Waals surface area (Å²) in [7, 11) is 3.09. The minimum atomic E-state index is 0.0826. The molecule has 18 heavy (non-hydrogen) atoms. The number of nitriles is 1. The minimum Gasteiger partial charge on any atom is -0.493 e. The van der Waals surface area contributed by atoms with Crippen LogP contribution in [-0.2, 0) is 6.42 Å². The zero-order chi connectivity index (χ0) is 13.0. The fraction of sp³-hybridized carbons (Fsp3) is 0.250. The maximum absolute atomic E-state index is 8.56. The summed E-state index contributed by atoms with van der Waals surface area (Å²) in [5.41, 5.74) is 0.657. The average Bonchev–Trinajstić information content (AvgIpc) is 2.86. The first-order valence-electron chi connectivity index (χ1n) is 5.21. The zero-order valence-electron chi connectivity index (χ0n) is 10.0. The summed E-state index contributed by atoms with van der Waals surface area (Å²) in [6.07, 6.45) is 0.0826. The number of rotatable bonds is 4. The standard InChI is InChI=1S/C12H11N3O3/c1-16-9-5-3-4-8(11(9)17-2)12-14-10(6-7-13)18-15-12/h3-5H,6H2,1-2H3. The van der Waals surface area contributed by atoms with E-state index in [4.69, 9.17) is 19.3 Å². The summed E-state index contributed by atoms with van der Waals surface area (Å²) in [6.45, 7) is 0. The van der Waals surface area contributed by atoms with Crippen molar-refractivity contribution >= 4 is 0 Å². The first-order valence-corrected chi connectivity index (χ1v) is 5.21. The molecule has 0 saturated heterocycles. The highest BCUT2D eigenvalue weighted by Gasteiger charge is 2.16. The fourth-order valence-corrected chi connectivity index (χ4v) is 1.57. The van der Waals surface area contributed by atoms with E-state index in [1.165, 1.54) is 7.11 Å². The Balaban J connectivity index is 2.46. The average molecular weight is 245 g/mol. The highest BCUT2D eigenvalue weighted by atomic mass is 16.5. The molecule has 1 heterocycles. The Morgan fingerprint density at radius 3 is 2.83 bits per heavy atom. The molecule has 92 valence electrons. The molecule has 0 N–H and O–H groups in total. The number of hydrogen-bond acceptors (Lipinski definition) is 6. The Morgan fingerprint density at radius 2 is 2.17 bits per heavy atom. The quantitative estimate of drug-likeness (QED) is 0.817. The smallest absolute Gasteiger partial charge is 0.241 e. The second kappa shape index (κ2) is 5.19. The Bertz CT molecular complexity index is 586. The van der Waals surface area contributed by atoms with Gasteiger partial charge in [-0.1, -0.05) is 11.2 Å². The molecule has 0 fully saturated rings. The lowest BCUT2D eigenvalue weighted by molar-refractivity contribution is 0.355. The number of ether oxygens (including phenoxy) is 2. The van der Waals surface area contributed by atoms with Crippen molar-refractivity contribution in [2.24, 2.45) is 0 Å². The van der Waals surface area contributed by atoms with E-state index in [0.29, 0.717) is 22.9 Å². The van der Waals surface area contributed by atoms with E-state index in [1.807, 2.05) is 6.07 Å². The molecule has 0 spiro atoms. The summed E-state index contributed by atoms with van der Waals surface area (Å²) in [6, 6.07) is 7.32. The van der Waals surface area contributed by atoms with Gasteiger partial charge in [-0.3, -0.25) is 0 Å². The van der Waals surface area contributed by atoms with Gasteiger partial charge in [0, 0.05) is 0 Å². The summed E-state index contributed by atoms with van der Waals surface area (Å²) >= 11 is 0. The monoisotopic (exact) mass is 245 g/mol. The molecule has 2 aromatic rings. The highest BCUT2D eigenvalue weighted by Crippen LogP contribution is 2.36. The van der Waals surface area contributed by atoms with Crippen LogP contribution in [0, 0.1) is 11.3 Å². The van der Waals surface area contributed by atoms with Gasteiger partial charge < -0.3 is 14.0 Å². The maximum Gasteiger partial charge on any atom is 0.241 e. The summed E-state index contributed by atoms with van der Waals surface area (Å²) in [5.74, 6) is 1.76. The number of methoxy groups -OCH3 is 2. The molecule has 0 radical (unpaired) electrons. The number of benzene rings is 1. The molecule has 0 unspecified atom stereocenters. The number of aromatic nitrogens is 2. The van der Waals surface area contributed by atoms with E-state index in [0.717, 1.165) is 0 Å². The van der Waals surface area contributed by atoms with Gasteiger partial charge in [-0.05, 0) is 12.1 Å². The maximum atomic E-state index is 8.56. The molecule has 0 aliphatic heterocycles. The third-order valence-corrected chi connectivity index (χ3v) is 2.34. The molecule has 1 aromatic carbocycles. The molecule has 0 amide bonds. The van der Waals surface area contributed by atoms with Crippen LogP contribution in [0.4, 0.5) is 0 Å². The first kappa shape index (κ1) is 11.9. The van der Waals surface area contributed by atoms with Crippen LogP contribution in [0.1, 0.15) is 5.89 Å². The van der Waals surface area contributed by atoms with Crippen molar-refractivity contribution in [3.05, 3.63) is 24.1 Å². The molecule has 0 aliphatic carbocycles. The minimum absolute atomic E-state index is 0.0826. The van der Waals surface area contributed by atoms with Crippen molar-refractivity contribution in [2.75, 3.05) is 14.2 Å². The highest BCUT2D eigenvalue weighted by molar-refractivity contribution is 5.68. The van der Waals surface area contributed by atoms with Gasteiger partial charge in [-0.2, -0.15) is 10.2 Å². The third kappa shape index (κ3) is 2.11. The molecule has 0 atom stereocenters. The summed E-state index contributed by atoms with van der Waals surface area (Å²) in [4.78, 5) is 4.12. The molecular formula is C12H11N3O3. The summed E-state index contributed by atoms with van der Waals surface area (Å²) in [5, 5.41) is 12.4. The van der Waals surface area contributed by atoms with E-state index < -0.39 is 0 Å². The predicted molar refractivity (Wildman–Crippen MR) is 62.2 cm³/mol. The van der Waals surface area contributed by atoms with Gasteiger partial charge >= 0.3 is 0 Å². The molecule has 0 bridgehead atoms. The molecule has 6 heteroatoms. The Kier molecular flexibility index (Phi) is 3.44.